The van der Waals surface area contributed by atoms with Crippen molar-refractivity contribution in [2.24, 2.45) is 5.73 Å². The number of ether oxygens (including phenoxy) is 2. The molecule has 236 valence electrons. The van der Waals surface area contributed by atoms with Crippen molar-refractivity contribution in [3.63, 3.8) is 0 Å². The van der Waals surface area contributed by atoms with Gasteiger partial charge in [-0.15, -0.1) is 0 Å². The molecular weight excluding hydrogens is 634 g/mol. The Morgan fingerprint density at radius 2 is 1.72 bits per heavy atom. The molecule has 2 aromatic heterocycles. The van der Waals surface area contributed by atoms with Crippen LogP contribution >= 0.6 is 42.6 Å². The molecule has 0 saturated heterocycles. The summed E-state index contributed by atoms with van der Waals surface area (Å²) >= 11 is 14.0. The van der Waals surface area contributed by atoms with Gasteiger partial charge in [0.1, 0.15) is 16.6 Å². The van der Waals surface area contributed by atoms with Crippen LogP contribution in [0.4, 0.5) is 4.79 Å². The summed E-state index contributed by atoms with van der Waals surface area (Å²) in [5, 5.41) is 1.85. The summed E-state index contributed by atoms with van der Waals surface area (Å²) in [6.45, 7) is 9.01. The topological polar surface area (TPSA) is 128 Å². The number of primary amides is 1. The molecule has 3 aromatic rings. The third kappa shape index (κ3) is 11.3. The molecule has 3 rings (SSSR count). The lowest BCUT2D eigenvalue weighted by Crippen LogP contribution is -2.16. The maximum atomic E-state index is 13.2. The third-order valence-electron chi connectivity index (χ3n) is 6.05. The van der Waals surface area contributed by atoms with E-state index < -0.39 is 13.7 Å². The van der Waals surface area contributed by atoms with Gasteiger partial charge in [0, 0.05) is 14.9 Å². The molecule has 0 aliphatic heterocycles. The summed E-state index contributed by atoms with van der Waals surface area (Å²) in [5.41, 5.74) is 6.75. The van der Waals surface area contributed by atoms with Gasteiger partial charge in [0.25, 0.3) is 0 Å². The van der Waals surface area contributed by atoms with Gasteiger partial charge >= 0.3 is 13.7 Å². The van der Waals surface area contributed by atoms with Crippen molar-refractivity contribution >= 4 is 48.7 Å². The quantitative estimate of drug-likeness (QED) is 0.104. The first-order valence-electron chi connectivity index (χ1n) is 14.1. The Hall–Kier alpha value is -2.27. The number of carbonyl (C=O) groups is 1. The number of benzene rings is 1. The highest BCUT2D eigenvalue weighted by Crippen LogP contribution is 2.48. The van der Waals surface area contributed by atoms with E-state index in [-0.39, 0.29) is 18.9 Å². The fourth-order valence-corrected chi connectivity index (χ4v) is 7.07. The van der Waals surface area contributed by atoms with Crippen LogP contribution in [0.3, 0.4) is 0 Å². The van der Waals surface area contributed by atoms with Crippen molar-refractivity contribution < 1.29 is 27.9 Å². The number of nitrogens with zero attached hydrogens (tertiary/aromatic N) is 3. The van der Waals surface area contributed by atoms with Crippen molar-refractivity contribution in [2.75, 3.05) is 19.6 Å². The summed E-state index contributed by atoms with van der Waals surface area (Å²) in [5.74, 6) is 0.995. The fraction of sp³-hybridized carbons (Fsp3) is 0.483. The molecule has 14 heteroatoms. The number of rotatable bonds is 18. The van der Waals surface area contributed by atoms with Crippen molar-refractivity contribution in [1.29, 1.82) is 0 Å². The second-order valence-corrected chi connectivity index (χ2v) is 13.9. The molecule has 1 amide bonds. The molecule has 1 aromatic carbocycles. The van der Waals surface area contributed by atoms with E-state index in [0.29, 0.717) is 47.1 Å². The first kappa shape index (κ1) is 35.2. The number of nitrogens with two attached hydrogens (primary N) is 1. The molecule has 0 radical (unpaired) electrons. The highest BCUT2D eigenvalue weighted by atomic mass is 35.5. The van der Waals surface area contributed by atoms with Crippen LogP contribution in [0.1, 0.15) is 76.5 Å². The highest BCUT2D eigenvalue weighted by Gasteiger charge is 2.26. The van der Waals surface area contributed by atoms with Crippen molar-refractivity contribution in [3.05, 3.63) is 63.8 Å². The Labute approximate surface area is 267 Å². The third-order valence-corrected chi connectivity index (χ3v) is 9.17. The summed E-state index contributed by atoms with van der Waals surface area (Å²) < 4.78 is 37.3. The Kier molecular flexibility index (Phi) is 14.1. The normalized spacial score (nSPS) is 11.7. The zero-order valence-corrected chi connectivity index (χ0v) is 28.1. The predicted molar refractivity (Wildman–Crippen MR) is 169 cm³/mol. The van der Waals surface area contributed by atoms with Gasteiger partial charge in [0.2, 0.25) is 0 Å². The molecule has 0 spiro atoms. The smallest absolute Gasteiger partial charge is 0.404 e. The lowest BCUT2D eigenvalue weighted by molar-refractivity contribution is 0.145. The largest absolute Gasteiger partial charge is 0.479 e. The van der Waals surface area contributed by atoms with Crippen LogP contribution in [-0.2, 0) is 31.5 Å². The zero-order chi connectivity index (χ0) is 31.4. The summed E-state index contributed by atoms with van der Waals surface area (Å²) in [6, 6.07) is 8.85. The number of unbranched alkanes of at least 4 members (excludes halogenated alkanes) is 2. The lowest BCUT2D eigenvalue weighted by Gasteiger charge is -2.19. The number of pyridine rings is 1. The summed E-state index contributed by atoms with van der Waals surface area (Å²) in [4.78, 5) is 21.6. The number of imidazole rings is 1. The molecule has 0 fully saturated rings. The first-order valence-corrected chi connectivity index (χ1v) is 17.4. The van der Waals surface area contributed by atoms with Gasteiger partial charge < -0.3 is 28.8 Å². The van der Waals surface area contributed by atoms with Crippen LogP contribution in [0.2, 0.25) is 10.0 Å². The maximum absolute atomic E-state index is 13.2. The van der Waals surface area contributed by atoms with E-state index >= 15 is 0 Å². The highest BCUT2D eigenvalue weighted by molar-refractivity contribution is 7.99. The molecule has 2 heterocycles. The predicted octanol–water partition coefficient (Wildman–Crippen LogP) is 8.67. The van der Waals surface area contributed by atoms with E-state index in [9.17, 15) is 9.36 Å². The maximum Gasteiger partial charge on any atom is 0.404 e. The minimum atomic E-state index is -3.42. The Morgan fingerprint density at radius 3 is 2.26 bits per heavy atom. The van der Waals surface area contributed by atoms with Gasteiger partial charge in [0.15, 0.2) is 13.0 Å². The Bertz CT molecular complexity index is 1360. The molecule has 0 aliphatic carbocycles. The van der Waals surface area contributed by atoms with E-state index in [1.54, 1.807) is 24.4 Å². The van der Waals surface area contributed by atoms with E-state index in [4.69, 9.17) is 52.4 Å². The fourth-order valence-electron chi connectivity index (χ4n) is 3.81. The average molecular weight is 674 g/mol. The van der Waals surface area contributed by atoms with Gasteiger partial charge in [-0.1, -0.05) is 75.5 Å². The second kappa shape index (κ2) is 17.3. The molecule has 2 N–H and O–H groups in total. The van der Waals surface area contributed by atoms with Crippen LogP contribution < -0.4 is 10.5 Å². The van der Waals surface area contributed by atoms with Crippen molar-refractivity contribution in [2.45, 2.75) is 82.4 Å². The summed E-state index contributed by atoms with van der Waals surface area (Å²) in [6.07, 6.45) is 3.84. The molecule has 43 heavy (non-hydrogen) atoms. The molecule has 0 bridgehead atoms. The van der Waals surface area contributed by atoms with Gasteiger partial charge in [-0.3, -0.25) is 9.55 Å². The van der Waals surface area contributed by atoms with Crippen LogP contribution in [0.5, 0.6) is 5.75 Å². The monoisotopic (exact) mass is 672 g/mol. The second-order valence-electron chi connectivity index (χ2n) is 10.0. The SMILES string of the molecule is CCCCOP(=O)(COc1ccc(Cn2c(COC(N)=O)nc(C(C)C)c2Sc2cc(Cl)cc(Cl)c2)nc1)OCCCC. The first-order chi connectivity index (χ1) is 20.5. The number of carbonyl (C=O) groups excluding carboxylic acids is 1. The number of halogens is 2. The van der Waals surface area contributed by atoms with Crippen LogP contribution in [0.25, 0.3) is 0 Å². The molecule has 0 aliphatic rings. The minimum Gasteiger partial charge on any atom is -0.479 e. The molecule has 10 nitrogen and oxygen atoms in total. The Balaban J connectivity index is 1.84. The summed E-state index contributed by atoms with van der Waals surface area (Å²) in [7, 11) is -3.42. The van der Waals surface area contributed by atoms with Gasteiger partial charge in [-0.25, -0.2) is 9.78 Å². The number of hydrogen-bond acceptors (Lipinski definition) is 9. The number of aromatic nitrogens is 3. The van der Waals surface area contributed by atoms with E-state index in [2.05, 4.69) is 4.98 Å². The average Bonchev–Trinajstić information content (AvgIpc) is 3.28. The van der Waals surface area contributed by atoms with Gasteiger partial charge in [-0.2, -0.15) is 0 Å². The number of hydrogen-bond donors (Lipinski definition) is 1. The Morgan fingerprint density at radius 1 is 1.07 bits per heavy atom. The number of amides is 1. The van der Waals surface area contributed by atoms with Crippen LogP contribution in [-0.4, -0.2) is 40.2 Å². The minimum absolute atomic E-state index is 0.0595. The molecular formula is C29H39Cl2N4O6PS. The zero-order valence-electron chi connectivity index (χ0n) is 24.9. The standard InChI is InChI=1S/C29H39Cl2N4O6PS/c1-5-7-11-40-42(37,41-12-8-6-2)19-39-24-10-9-23(33-16-24)17-35-26(18-38-29(32)36)34-27(20(3)4)28(35)43-25-14-21(30)13-22(31)15-25/h9-10,13-16,20H,5-8,11-12,17-19H2,1-4H3,(H2,32,36). The molecule has 0 atom stereocenters. The van der Waals surface area contributed by atoms with E-state index in [0.717, 1.165) is 41.3 Å². The van der Waals surface area contributed by atoms with Crippen molar-refractivity contribution in [3.8, 4) is 5.75 Å². The van der Waals surface area contributed by atoms with E-state index in [1.165, 1.54) is 11.8 Å². The van der Waals surface area contributed by atoms with Gasteiger partial charge in [0.05, 0.1) is 37.3 Å². The van der Waals surface area contributed by atoms with Crippen LogP contribution in [0.15, 0.2) is 46.5 Å². The van der Waals surface area contributed by atoms with Crippen molar-refractivity contribution in [1.82, 2.24) is 14.5 Å². The van der Waals surface area contributed by atoms with E-state index in [1.807, 2.05) is 44.4 Å². The van der Waals surface area contributed by atoms with Gasteiger partial charge in [-0.05, 0) is 49.1 Å². The molecule has 0 saturated carbocycles. The lowest BCUT2D eigenvalue weighted by atomic mass is 10.1. The van der Waals surface area contributed by atoms with Crippen LogP contribution in [0, 0.1) is 0 Å². The molecule has 0 unspecified atom stereocenters.